The Morgan fingerprint density at radius 2 is 1.93 bits per heavy atom. The van der Waals surface area contributed by atoms with Crippen molar-refractivity contribution < 1.29 is 0 Å². The second-order valence-corrected chi connectivity index (χ2v) is 5.77. The minimum absolute atomic E-state index is 0.733. The van der Waals surface area contributed by atoms with E-state index in [1.54, 1.807) is 16.7 Å². The monoisotopic (exact) mass is 204 g/mol. The van der Waals surface area contributed by atoms with Gasteiger partial charge in [-0.05, 0) is 55.9 Å². The van der Waals surface area contributed by atoms with Crippen LogP contribution in [0.3, 0.4) is 0 Å². The van der Waals surface area contributed by atoms with Gasteiger partial charge in [-0.25, -0.2) is 0 Å². The average Bonchev–Trinajstić information content (AvgIpc) is 2.43. The molecule has 0 amide bonds. The third-order valence-corrected chi connectivity index (χ3v) is 4.38. The van der Waals surface area contributed by atoms with E-state index in [1.165, 1.54) is 25.7 Å². The lowest BCUT2D eigenvalue weighted by Crippen LogP contribution is -2.08. The molecule has 2 rings (SSSR count). The summed E-state index contributed by atoms with van der Waals surface area (Å²) in [6.07, 6.45) is 8.01. The molecule has 0 radical (unpaired) electrons. The summed E-state index contributed by atoms with van der Waals surface area (Å²) in [5.74, 6) is 2.50. The Bertz CT molecular complexity index is 304. The zero-order valence-electron chi connectivity index (χ0n) is 10.6. The minimum Gasteiger partial charge on any atom is -0.0698 e. The van der Waals surface area contributed by atoms with Crippen LogP contribution < -0.4 is 0 Å². The number of allylic oxidation sites excluding steroid dienone is 4. The van der Waals surface area contributed by atoms with E-state index < -0.39 is 0 Å². The van der Waals surface area contributed by atoms with Gasteiger partial charge in [0.25, 0.3) is 0 Å². The molecule has 0 saturated carbocycles. The highest BCUT2D eigenvalue weighted by molar-refractivity contribution is 5.36. The molecule has 2 aliphatic carbocycles. The van der Waals surface area contributed by atoms with Crippen molar-refractivity contribution in [3.05, 3.63) is 22.8 Å². The van der Waals surface area contributed by atoms with Crippen LogP contribution in [0.4, 0.5) is 0 Å². The molecule has 0 unspecified atom stereocenters. The molecule has 84 valence electrons. The van der Waals surface area contributed by atoms with Crippen LogP contribution in [0.2, 0.25) is 0 Å². The summed E-state index contributed by atoms with van der Waals surface area (Å²) in [7, 11) is 0. The maximum Gasteiger partial charge on any atom is -0.0134 e. The Morgan fingerprint density at radius 1 is 1.20 bits per heavy atom. The molecule has 0 heterocycles. The standard InChI is InChI=1S/C15H24/c1-10(2)13-7-5-11(3)14-8-6-12(4)15(14)9-13/h9-11,14H,5-8H2,1-4H3/t11-,14-/m0/s1. The first-order valence-corrected chi connectivity index (χ1v) is 6.49. The van der Waals surface area contributed by atoms with E-state index in [4.69, 9.17) is 0 Å². The predicted molar refractivity (Wildman–Crippen MR) is 66.7 cm³/mol. The highest BCUT2D eigenvalue weighted by Gasteiger charge is 2.29. The van der Waals surface area contributed by atoms with E-state index >= 15 is 0 Å². The summed E-state index contributed by atoms with van der Waals surface area (Å²) < 4.78 is 0. The summed E-state index contributed by atoms with van der Waals surface area (Å²) in [5.41, 5.74) is 5.04. The second kappa shape index (κ2) is 4.15. The van der Waals surface area contributed by atoms with Gasteiger partial charge in [0.2, 0.25) is 0 Å². The molecule has 2 atom stereocenters. The van der Waals surface area contributed by atoms with Crippen molar-refractivity contribution in [1.29, 1.82) is 0 Å². The summed E-state index contributed by atoms with van der Waals surface area (Å²) in [6, 6.07) is 0. The first-order chi connectivity index (χ1) is 7.09. The average molecular weight is 204 g/mol. The SMILES string of the molecule is CC1=C2C=C(C(C)C)CC[C@H](C)[C@@H]2CC1. The van der Waals surface area contributed by atoms with Gasteiger partial charge in [-0.1, -0.05) is 38.0 Å². The predicted octanol–water partition coefficient (Wildman–Crippen LogP) is 4.73. The van der Waals surface area contributed by atoms with E-state index in [0.29, 0.717) is 0 Å². The Labute approximate surface area is 94.5 Å². The summed E-state index contributed by atoms with van der Waals surface area (Å²) in [4.78, 5) is 0. The number of hydrogen-bond donors (Lipinski definition) is 0. The fraction of sp³-hybridized carbons (Fsp3) is 0.733. The van der Waals surface area contributed by atoms with Crippen LogP contribution in [0, 0.1) is 17.8 Å². The van der Waals surface area contributed by atoms with Gasteiger partial charge in [0, 0.05) is 0 Å². The topological polar surface area (TPSA) is 0 Å². The van der Waals surface area contributed by atoms with Crippen molar-refractivity contribution in [2.75, 3.05) is 0 Å². The van der Waals surface area contributed by atoms with E-state index in [2.05, 4.69) is 33.8 Å². The molecule has 0 bridgehead atoms. The quantitative estimate of drug-likeness (QED) is 0.579. The molecule has 0 aromatic heterocycles. The molecular weight excluding hydrogens is 180 g/mol. The molecule has 0 aromatic rings. The summed E-state index contributed by atoms with van der Waals surface area (Å²) in [5, 5.41) is 0. The molecule has 0 aromatic carbocycles. The lowest BCUT2D eigenvalue weighted by molar-refractivity contribution is 0.390. The van der Waals surface area contributed by atoms with Gasteiger partial charge in [-0.3, -0.25) is 0 Å². The van der Waals surface area contributed by atoms with Gasteiger partial charge < -0.3 is 0 Å². The van der Waals surface area contributed by atoms with Crippen LogP contribution in [0.5, 0.6) is 0 Å². The number of hydrogen-bond acceptors (Lipinski definition) is 0. The van der Waals surface area contributed by atoms with Crippen LogP contribution in [0.15, 0.2) is 22.8 Å². The summed E-state index contributed by atoms with van der Waals surface area (Å²) >= 11 is 0. The zero-order chi connectivity index (χ0) is 11.0. The lowest BCUT2D eigenvalue weighted by atomic mass is 9.87. The highest BCUT2D eigenvalue weighted by Crippen LogP contribution is 2.43. The number of fused-ring (bicyclic) bond motifs is 1. The third-order valence-electron chi connectivity index (χ3n) is 4.38. The van der Waals surface area contributed by atoms with Crippen LogP contribution in [0.1, 0.15) is 53.4 Å². The maximum atomic E-state index is 2.54. The Kier molecular flexibility index (Phi) is 3.04. The van der Waals surface area contributed by atoms with Crippen LogP contribution in [-0.4, -0.2) is 0 Å². The van der Waals surface area contributed by atoms with Gasteiger partial charge in [-0.15, -0.1) is 0 Å². The fourth-order valence-electron chi connectivity index (χ4n) is 3.13. The highest BCUT2D eigenvalue weighted by atomic mass is 14.3. The minimum atomic E-state index is 0.733. The molecule has 0 N–H and O–H groups in total. The molecular formula is C15H24. The van der Waals surface area contributed by atoms with Gasteiger partial charge in [-0.2, -0.15) is 0 Å². The molecule has 0 saturated heterocycles. The van der Waals surface area contributed by atoms with E-state index in [9.17, 15) is 0 Å². The Morgan fingerprint density at radius 3 is 2.60 bits per heavy atom. The third kappa shape index (κ3) is 2.04. The smallest absolute Gasteiger partial charge is 0.0134 e. The van der Waals surface area contributed by atoms with E-state index in [0.717, 1.165) is 17.8 Å². The largest absolute Gasteiger partial charge is 0.0698 e. The first kappa shape index (κ1) is 11.0. The first-order valence-electron chi connectivity index (χ1n) is 6.49. The second-order valence-electron chi connectivity index (χ2n) is 5.77. The summed E-state index contributed by atoms with van der Waals surface area (Å²) in [6.45, 7) is 9.45. The normalized spacial score (nSPS) is 31.7. The Balaban J connectivity index is 2.33. The molecule has 0 nitrogen and oxygen atoms in total. The van der Waals surface area contributed by atoms with E-state index in [-0.39, 0.29) is 0 Å². The molecule has 15 heavy (non-hydrogen) atoms. The van der Waals surface area contributed by atoms with Gasteiger partial charge in [0.1, 0.15) is 0 Å². The van der Waals surface area contributed by atoms with Crippen molar-refractivity contribution in [2.24, 2.45) is 17.8 Å². The lowest BCUT2D eigenvalue weighted by Gasteiger charge is -2.18. The van der Waals surface area contributed by atoms with Crippen molar-refractivity contribution in [3.8, 4) is 0 Å². The van der Waals surface area contributed by atoms with Crippen LogP contribution in [-0.2, 0) is 0 Å². The molecule has 0 heteroatoms. The van der Waals surface area contributed by atoms with Crippen LogP contribution >= 0.6 is 0 Å². The molecule has 0 spiro atoms. The molecule has 0 aliphatic heterocycles. The van der Waals surface area contributed by atoms with Crippen molar-refractivity contribution in [3.63, 3.8) is 0 Å². The molecule has 0 fully saturated rings. The fourth-order valence-corrected chi connectivity index (χ4v) is 3.13. The van der Waals surface area contributed by atoms with Gasteiger partial charge in [0.05, 0.1) is 0 Å². The maximum absolute atomic E-state index is 2.54. The Hall–Kier alpha value is -0.520. The van der Waals surface area contributed by atoms with Crippen molar-refractivity contribution >= 4 is 0 Å². The van der Waals surface area contributed by atoms with Crippen molar-refractivity contribution in [2.45, 2.75) is 53.4 Å². The number of rotatable bonds is 1. The van der Waals surface area contributed by atoms with Crippen molar-refractivity contribution in [1.82, 2.24) is 0 Å². The van der Waals surface area contributed by atoms with Gasteiger partial charge >= 0.3 is 0 Å². The van der Waals surface area contributed by atoms with Crippen LogP contribution in [0.25, 0.3) is 0 Å². The molecule has 2 aliphatic rings. The zero-order valence-corrected chi connectivity index (χ0v) is 10.6. The van der Waals surface area contributed by atoms with E-state index in [1.807, 2.05) is 0 Å². The van der Waals surface area contributed by atoms with Gasteiger partial charge in [0.15, 0.2) is 0 Å².